The fraction of sp³-hybridized carbons (Fsp3) is 0.235. The van der Waals surface area contributed by atoms with Crippen LogP contribution in [0.25, 0.3) is 0 Å². The van der Waals surface area contributed by atoms with Gasteiger partial charge in [0.25, 0.3) is 5.91 Å². The van der Waals surface area contributed by atoms with Crippen LogP contribution in [0.1, 0.15) is 36.7 Å². The third-order valence-electron chi connectivity index (χ3n) is 3.18. The van der Waals surface area contributed by atoms with Crippen LogP contribution in [0.3, 0.4) is 0 Å². The largest absolute Gasteiger partial charge is 0.322 e. The standard InChI is InChI=1S/C17H17Br2NO/c1-17(2,3)11-4-7-13(8-5-11)20-16(21)14-10-12(18)6-9-15(14)19/h4-10H,1-3H3,(H,20,21). The molecule has 0 aliphatic rings. The first-order chi connectivity index (χ1) is 9.77. The zero-order chi connectivity index (χ0) is 15.6. The molecule has 0 aliphatic heterocycles. The van der Waals surface area contributed by atoms with Crippen LogP contribution in [0, 0.1) is 0 Å². The van der Waals surface area contributed by atoms with Gasteiger partial charge in [0.2, 0.25) is 0 Å². The topological polar surface area (TPSA) is 29.1 Å². The van der Waals surface area contributed by atoms with Crippen molar-refractivity contribution in [1.29, 1.82) is 0 Å². The van der Waals surface area contributed by atoms with Crippen LogP contribution in [-0.4, -0.2) is 5.91 Å². The number of nitrogens with one attached hydrogen (secondary N) is 1. The molecule has 2 aromatic carbocycles. The number of halogens is 2. The Balaban J connectivity index is 2.18. The second-order valence-corrected chi connectivity index (χ2v) is 7.68. The molecule has 0 saturated carbocycles. The molecular weight excluding hydrogens is 394 g/mol. The van der Waals surface area contributed by atoms with E-state index in [1.54, 1.807) is 6.07 Å². The zero-order valence-electron chi connectivity index (χ0n) is 12.2. The van der Waals surface area contributed by atoms with Crippen molar-refractivity contribution in [3.05, 3.63) is 62.5 Å². The van der Waals surface area contributed by atoms with Crippen molar-refractivity contribution in [1.82, 2.24) is 0 Å². The molecule has 2 nitrogen and oxygen atoms in total. The summed E-state index contributed by atoms with van der Waals surface area (Å²) in [5.74, 6) is -0.133. The van der Waals surface area contributed by atoms with Gasteiger partial charge in [0.15, 0.2) is 0 Å². The van der Waals surface area contributed by atoms with Gasteiger partial charge < -0.3 is 5.32 Å². The lowest BCUT2D eigenvalue weighted by molar-refractivity contribution is 0.102. The van der Waals surface area contributed by atoms with Gasteiger partial charge in [0.1, 0.15) is 0 Å². The summed E-state index contributed by atoms with van der Waals surface area (Å²) in [6.45, 7) is 6.50. The number of carbonyl (C=O) groups is 1. The van der Waals surface area contributed by atoms with Gasteiger partial charge in [-0.15, -0.1) is 0 Å². The van der Waals surface area contributed by atoms with E-state index in [0.717, 1.165) is 14.6 Å². The Morgan fingerprint density at radius 1 is 1.00 bits per heavy atom. The normalized spacial score (nSPS) is 11.3. The number of anilines is 1. The van der Waals surface area contributed by atoms with Gasteiger partial charge in [-0.25, -0.2) is 0 Å². The first-order valence-corrected chi connectivity index (χ1v) is 8.23. The van der Waals surface area contributed by atoms with Crippen molar-refractivity contribution in [2.24, 2.45) is 0 Å². The lowest BCUT2D eigenvalue weighted by atomic mass is 9.87. The maximum Gasteiger partial charge on any atom is 0.256 e. The molecule has 1 N–H and O–H groups in total. The van der Waals surface area contributed by atoms with Crippen LogP contribution >= 0.6 is 31.9 Å². The van der Waals surface area contributed by atoms with E-state index < -0.39 is 0 Å². The van der Waals surface area contributed by atoms with Gasteiger partial charge in [0, 0.05) is 14.6 Å². The molecule has 0 heterocycles. The van der Waals surface area contributed by atoms with Crippen molar-refractivity contribution in [2.45, 2.75) is 26.2 Å². The lowest BCUT2D eigenvalue weighted by Crippen LogP contribution is -2.14. The highest BCUT2D eigenvalue weighted by Gasteiger charge is 2.14. The minimum Gasteiger partial charge on any atom is -0.322 e. The molecule has 0 atom stereocenters. The highest BCUT2D eigenvalue weighted by atomic mass is 79.9. The summed E-state index contributed by atoms with van der Waals surface area (Å²) >= 11 is 6.78. The summed E-state index contributed by atoms with van der Waals surface area (Å²) in [7, 11) is 0. The van der Waals surface area contributed by atoms with Gasteiger partial charge in [-0.2, -0.15) is 0 Å². The monoisotopic (exact) mass is 409 g/mol. The quantitative estimate of drug-likeness (QED) is 0.669. The molecule has 0 saturated heterocycles. The summed E-state index contributed by atoms with van der Waals surface area (Å²) < 4.78 is 1.65. The van der Waals surface area contributed by atoms with Crippen LogP contribution in [0.4, 0.5) is 5.69 Å². The smallest absolute Gasteiger partial charge is 0.256 e. The Morgan fingerprint density at radius 2 is 1.62 bits per heavy atom. The van der Waals surface area contributed by atoms with E-state index in [1.807, 2.05) is 36.4 Å². The van der Waals surface area contributed by atoms with E-state index in [1.165, 1.54) is 5.56 Å². The van der Waals surface area contributed by atoms with Crippen LogP contribution < -0.4 is 5.32 Å². The minimum atomic E-state index is -0.133. The van der Waals surface area contributed by atoms with E-state index in [4.69, 9.17) is 0 Å². The van der Waals surface area contributed by atoms with Crippen molar-refractivity contribution < 1.29 is 4.79 Å². The molecule has 0 radical (unpaired) electrons. The predicted octanol–water partition coefficient (Wildman–Crippen LogP) is 5.76. The van der Waals surface area contributed by atoms with Gasteiger partial charge in [-0.05, 0) is 57.2 Å². The van der Waals surface area contributed by atoms with Crippen LogP contribution in [-0.2, 0) is 5.41 Å². The first-order valence-electron chi connectivity index (χ1n) is 6.64. The van der Waals surface area contributed by atoms with Gasteiger partial charge >= 0.3 is 0 Å². The zero-order valence-corrected chi connectivity index (χ0v) is 15.4. The van der Waals surface area contributed by atoms with Crippen molar-refractivity contribution in [2.75, 3.05) is 5.32 Å². The highest BCUT2D eigenvalue weighted by Crippen LogP contribution is 2.25. The third kappa shape index (κ3) is 4.17. The van der Waals surface area contributed by atoms with Crippen molar-refractivity contribution >= 4 is 43.5 Å². The average molecular weight is 411 g/mol. The summed E-state index contributed by atoms with van der Waals surface area (Å²) in [5.41, 5.74) is 2.74. The molecule has 0 aliphatic carbocycles. The molecule has 21 heavy (non-hydrogen) atoms. The maximum atomic E-state index is 12.3. The summed E-state index contributed by atoms with van der Waals surface area (Å²) in [6, 6.07) is 13.5. The van der Waals surface area contributed by atoms with E-state index in [9.17, 15) is 4.79 Å². The van der Waals surface area contributed by atoms with Crippen LogP contribution in [0.15, 0.2) is 51.4 Å². The Hall–Kier alpha value is -1.13. The predicted molar refractivity (Wildman–Crippen MR) is 94.9 cm³/mol. The molecule has 110 valence electrons. The maximum absolute atomic E-state index is 12.3. The minimum absolute atomic E-state index is 0.107. The van der Waals surface area contributed by atoms with Crippen molar-refractivity contribution in [3.8, 4) is 0 Å². The van der Waals surface area contributed by atoms with E-state index in [0.29, 0.717) is 5.56 Å². The summed E-state index contributed by atoms with van der Waals surface area (Å²) in [6.07, 6.45) is 0. The van der Waals surface area contributed by atoms with Crippen LogP contribution in [0.2, 0.25) is 0 Å². The summed E-state index contributed by atoms with van der Waals surface area (Å²) in [4.78, 5) is 12.3. The third-order valence-corrected chi connectivity index (χ3v) is 4.37. The number of carbonyl (C=O) groups excluding carboxylic acids is 1. The van der Waals surface area contributed by atoms with Gasteiger partial charge in [-0.1, -0.05) is 48.8 Å². The Kier molecular flexibility index (Phi) is 4.89. The molecular formula is C17H17Br2NO. The molecule has 1 amide bonds. The molecule has 0 fully saturated rings. The molecule has 4 heteroatoms. The van der Waals surface area contributed by atoms with Gasteiger partial charge in [0.05, 0.1) is 5.56 Å². The summed E-state index contributed by atoms with van der Waals surface area (Å²) in [5, 5.41) is 2.92. The fourth-order valence-corrected chi connectivity index (χ4v) is 2.71. The van der Waals surface area contributed by atoms with Crippen molar-refractivity contribution in [3.63, 3.8) is 0 Å². The number of hydrogen-bond acceptors (Lipinski definition) is 1. The second kappa shape index (κ2) is 6.32. The van der Waals surface area contributed by atoms with E-state index in [2.05, 4.69) is 57.9 Å². The fourth-order valence-electron chi connectivity index (χ4n) is 1.92. The van der Waals surface area contributed by atoms with Gasteiger partial charge in [-0.3, -0.25) is 4.79 Å². The highest BCUT2D eigenvalue weighted by molar-refractivity contribution is 9.11. The SMILES string of the molecule is CC(C)(C)c1ccc(NC(=O)c2cc(Br)ccc2Br)cc1. The number of amides is 1. The first kappa shape index (κ1) is 16.2. The van der Waals surface area contributed by atoms with E-state index >= 15 is 0 Å². The van der Waals surface area contributed by atoms with Crippen LogP contribution in [0.5, 0.6) is 0 Å². The Bertz CT molecular complexity index is 657. The second-order valence-electron chi connectivity index (χ2n) is 5.91. The average Bonchev–Trinajstić information content (AvgIpc) is 2.41. The molecule has 2 rings (SSSR count). The molecule has 0 unspecified atom stereocenters. The number of hydrogen-bond donors (Lipinski definition) is 1. The lowest BCUT2D eigenvalue weighted by Gasteiger charge is -2.19. The number of benzene rings is 2. The molecule has 0 spiro atoms. The number of rotatable bonds is 2. The molecule has 0 bridgehead atoms. The molecule has 0 aromatic heterocycles. The molecule has 2 aromatic rings. The van der Waals surface area contributed by atoms with E-state index in [-0.39, 0.29) is 11.3 Å². The Morgan fingerprint density at radius 3 is 2.19 bits per heavy atom. The Labute approximate surface area is 142 Å².